The number of fused-ring (bicyclic) bond motifs is 2. The maximum atomic E-state index is 12.8. The zero-order valence-electron chi connectivity index (χ0n) is 26.1. The number of aryl methyl sites for hydroxylation is 2. The number of primary sulfonamides is 1. The van der Waals surface area contributed by atoms with E-state index in [-0.39, 0.29) is 21.6 Å². The summed E-state index contributed by atoms with van der Waals surface area (Å²) in [6, 6.07) is 14.4. The third kappa shape index (κ3) is 8.30. The highest BCUT2D eigenvalue weighted by Gasteiger charge is 2.25. The molecule has 3 aromatic rings. The van der Waals surface area contributed by atoms with E-state index in [2.05, 4.69) is 10.0 Å². The molecule has 0 saturated carbocycles. The minimum absolute atomic E-state index is 0.0291. The van der Waals surface area contributed by atoms with Gasteiger partial charge in [0.25, 0.3) is 10.0 Å². The standard InChI is InChI=1S/C23H30N2O4S.C10H13NO3S/c1-14(2)18-8-6-9-19(15(3)4)22(18)24-23(27)25-30(28,29)17-12-11-16-7-5-10-21(26)20(16)13-17;11-15(13,14)8-5-4-7-2-1-3-10(12)9(7)6-8/h6,8-9,11-15,21,26H,5,7,10H2,1-4H3,(H2,24,25,27);4-6,10,12H,1-3H2,(H2,11,13,14). The lowest BCUT2D eigenvalue weighted by molar-refractivity contribution is 0.156. The Bertz CT molecular complexity index is 1740. The summed E-state index contributed by atoms with van der Waals surface area (Å²) in [6.45, 7) is 8.10. The van der Waals surface area contributed by atoms with Crippen molar-refractivity contribution in [3.63, 3.8) is 0 Å². The summed E-state index contributed by atoms with van der Waals surface area (Å²) >= 11 is 0. The maximum Gasteiger partial charge on any atom is 0.333 e. The van der Waals surface area contributed by atoms with Crippen LogP contribution in [0, 0.1) is 0 Å². The zero-order chi connectivity index (χ0) is 33.1. The summed E-state index contributed by atoms with van der Waals surface area (Å²) < 4.78 is 50.0. The Balaban J connectivity index is 0.000000256. The van der Waals surface area contributed by atoms with Crippen LogP contribution >= 0.6 is 0 Å². The number of carbonyl (C=O) groups excluding carboxylic acids is 1. The van der Waals surface area contributed by atoms with E-state index in [1.165, 1.54) is 24.3 Å². The molecule has 0 radical (unpaired) electrons. The third-order valence-corrected chi connectivity index (χ3v) is 10.5. The molecule has 2 aliphatic rings. The van der Waals surface area contributed by atoms with Crippen LogP contribution < -0.4 is 15.2 Å². The summed E-state index contributed by atoms with van der Waals surface area (Å²) in [5, 5.41) is 27.7. The van der Waals surface area contributed by atoms with Crippen molar-refractivity contribution >= 4 is 31.8 Å². The van der Waals surface area contributed by atoms with E-state index in [1.54, 1.807) is 12.1 Å². The number of benzene rings is 3. The molecule has 0 aromatic heterocycles. The van der Waals surface area contributed by atoms with Gasteiger partial charge in [0.05, 0.1) is 22.0 Å². The van der Waals surface area contributed by atoms with E-state index in [0.717, 1.165) is 47.9 Å². The molecule has 244 valence electrons. The Kier molecular flexibility index (Phi) is 10.8. The number of amides is 2. The van der Waals surface area contributed by atoms with Gasteiger partial charge in [0.1, 0.15) is 0 Å². The van der Waals surface area contributed by atoms with Crippen LogP contribution in [-0.2, 0) is 32.9 Å². The number of carbonyl (C=O) groups is 1. The van der Waals surface area contributed by atoms with E-state index >= 15 is 0 Å². The zero-order valence-corrected chi connectivity index (χ0v) is 27.7. The van der Waals surface area contributed by atoms with Gasteiger partial charge < -0.3 is 15.5 Å². The molecule has 2 unspecified atom stereocenters. The van der Waals surface area contributed by atoms with Gasteiger partial charge in [-0.3, -0.25) is 0 Å². The highest BCUT2D eigenvalue weighted by molar-refractivity contribution is 7.90. The van der Waals surface area contributed by atoms with Crippen molar-refractivity contribution in [1.29, 1.82) is 0 Å². The van der Waals surface area contributed by atoms with Gasteiger partial charge in [-0.15, -0.1) is 0 Å². The second-order valence-electron chi connectivity index (χ2n) is 12.3. The van der Waals surface area contributed by atoms with Crippen molar-refractivity contribution < 1.29 is 31.8 Å². The van der Waals surface area contributed by atoms with Crippen molar-refractivity contribution in [2.75, 3.05) is 5.32 Å². The lowest BCUT2D eigenvalue weighted by Gasteiger charge is -2.22. The summed E-state index contributed by atoms with van der Waals surface area (Å²) in [5.74, 6) is 0.329. The minimum atomic E-state index is -4.08. The number of nitrogens with two attached hydrogens (primary N) is 1. The fourth-order valence-corrected chi connectivity index (χ4v) is 7.36. The van der Waals surface area contributed by atoms with Gasteiger partial charge in [0, 0.05) is 5.69 Å². The molecule has 0 fully saturated rings. The molecule has 12 heteroatoms. The number of hydrogen-bond donors (Lipinski definition) is 5. The largest absolute Gasteiger partial charge is 0.388 e. The van der Waals surface area contributed by atoms with E-state index in [9.17, 15) is 31.8 Å². The van der Waals surface area contributed by atoms with Gasteiger partial charge in [-0.05, 0) is 108 Å². The molecule has 2 atom stereocenters. The Morgan fingerprint density at radius 1 is 0.778 bits per heavy atom. The van der Waals surface area contributed by atoms with E-state index in [0.29, 0.717) is 29.7 Å². The van der Waals surface area contributed by atoms with Gasteiger partial charge in [-0.2, -0.15) is 0 Å². The Morgan fingerprint density at radius 2 is 1.24 bits per heavy atom. The number of rotatable bonds is 6. The van der Waals surface area contributed by atoms with E-state index < -0.39 is 38.3 Å². The Labute approximate surface area is 266 Å². The van der Waals surface area contributed by atoms with Crippen molar-refractivity contribution in [3.05, 3.63) is 88.0 Å². The molecular formula is C33H43N3O7S2. The molecule has 45 heavy (non-hydrogen) atoms. The first-order valence-corrected chi connectivity index (χ1v) is 18.2. The van der Waals surface area contributed by atoms with Gasteiger partial charge in [0.15, 0.2) is 0 Å². The Morgan fingerprint density at radius 3 is 1.71 bits per heavy atom. The first-order valence-electron chi connectivity index (χ1n) is 15.2. The predicted molar refractivity (Wildman–Crippen MR) is 174 cm³/mol. The Hall–Kier alpha value is -3.29. The van der Waals surface area contributed by atoms with Crippen molar-refractivity contribution in [2.45, 2.75) is 100 Å². The molecule has 6 N–H and O–H groups in total. The van der Waals surface area contributed by atoms with Gasteiger partial charge >= 0.3 is 6.03 Å². The van der Waals surface area contributed by atoms with Crippen LogP contribution in [0.3, 0.4) is 0 Å². The topological polar surface area (TPSA) is 176 Å². The van der Waals surface area contributed by atoms with Crippen LogP contribution in [0.1, 0.15) is 111 Å². The fourth-order valence-electron chi connectivity index (χ4n) is 5.86. The van der Waals surface area contributed by atoms with Crippen LogP contribution in [0.15, 0.2) is 64.4 Å². The minimum Gasteiger partial charge on any atom is -0.388 e. The van der Waals surface area contributed by atoms with Gasteiger partial charge in [-0.1, -0.05) is 58.0 Å². The van der Waals surface area contributed by atoms with Gasteiger partial charge in [-0.25, -0.2) is 31.5 Å². The van der Waals surface area contributed by atoms with E-state index in [1.807, 2.05) is 45.9 Å². The highest BCUT2D eigenvalue weighted by Crippen LogP contribution is 2.34. The number of aliphatic hydroxyl groups is 2. The van der Waals surface area contributed by atoms with Gasteiger partial charge in [0.2, 0.25) is 10.0 Å². The van der Waals surface area contributed by atoms with Crippen molar-refractivity contribution in [2.24, 2.45) is 5.14 Å². The smallest absolute Gasteiger partial charge is 0.333 e. The average Bonchev–Trinajstić information content (AvgIpc) is 2.96. The first kappa shape index (κ1) is 34.6. The molecule has 0 heterocycles. The number of nitrogens with one attached hydrogen (secondary N) is 2. The molecule has 0 bridgehead atoms. The maximum absolute atomic E-state index is 12.8. The number of urea groups is 1. The molecule has 2 aliphatic carbocycles. The van der Waals surface area contributed by atoms with E-state index in [4.69, 9.17) is 5.14 Å². The molecule has 3 aromatic carbocycles. The predicted octanol–water partition coefficient (Wildman–Crippen LogP) is 5.52. The molecule has 10 nitrogen and oxygen atoms in total. The normalized spacial score (nSPS) is 18.0. The molecule has 0 spiro atoms. The average molecular weight is 658 g/mol. The number of sulfonamides is 2. The number of para-hydroxylation sites is 1. The third-order valence-electron chi connectivity index (χ3n) is 8.28. The lowest BCUT2D eigenvalue weighted by Crippen LogP contribution is -2.35. The van der Waals surface area contributed by atoms with Crippen molar-refractivity contribution in [3.8, 4) is 0 Å². The monoisotopic (exact) mass is 657 g/mol. The van der Waals surface area contributed by atoms with Crippen LogP contribution in [0.4, 0.5) is 10.5 Å². The molecule has 0 saturated heterocycles. The quantitative estimate of drug-likeness (QED) is 0.232. The van der Waals surface area contributed by atoms with Crippen LogP contribution in [0.25, 0.3) is 0 Å². The number of anilines is 1. The van der Waals surface area contributed by atoms with Crippen LogP contribution in [0.5, 0.6) is 0 Å². The van der Waals surface area contributed by atoms with Crippen molar-refractivity contribution in [1.82, 2.24) is 4.72 Å². The second kappa shape index (κ2) is 14.0. The summed E-state index contributed by atoms with van der Waals surface area (Å²) in [5.41, 5.74) is 5.84. The fraction of sp³-hybridized carbons (Fsp3) is 0.424. The number of hydrogen-bond acceptors (Lipinski definition) is 7. The lowest BCUT2D eigenvalue weighted by atomic mass is 9.90. The summed E-state index contributed by atoms with van der Waals surface area (Å²) in [6.07, 6.45) is 3.55. The molecule has 2 amide bonds. The summed E-state index contributed by atoms with van der Waals surface area (Å²) in [7, 11) is -7.75. The van der Waals surface area contributed by atoms with Crippen LogP contribution in [-0.4, -0.2) is 33.1 Å². The SMILES string of the molecule is CC(C)c1cccc(C(C)C)c1NC(=O)NS(=O)(=O)c1ccc2c(c1)C(O)CCC2.NS(=O)(=O)c1ccc2c(c1)C(O)CCC2. The molecular weight excluding hydrogens is 615 g/mol. The first-order chi connectivity index (χ1) is 21.1. The number of aliphatic hydroxyl groups excluding tert-OH is 2. The summed E-state index contributed by atoms with van der Waals surface area (Å²) in [4.78, 5) is 12.7. The molecule has 0 aliphatic heterocycles. The second-order valence-corrected chi connectivity index (χ2v) is 15.5. The molecule has 5 rings (SSSR count). The highest BCUT2D eigenvalue weighted by atomic mass is 32.2. The van der Waals surface area contributed by atoms with Crippen LogP contribution in [0.2, 0.25) is 0 Å².